The predicted octanol–water partition coefficient (Wildman–Crippen LogP) is 1.34. The highest BCUT2D eigenvalue weighted by Gasteiger charge is 2.37. The van der Waals surface area contributed by atoms with Crippen LogP contribution < -0.4 is 0 Å². The molecule has 1 fully saturated rings. The molecule has 1 aliphatic heterocycles. The Morgan fingerprint density at radius 3 is 2.33 bits per heavy atom. The zero-order valence-corrected chi connectivity index (χ0v) is 9.63. The van der Waals surface area contributed by atoms with Crippen molar-refractivity contribution in [2.45, 2.75) is 10.8 Å². The molecular weight excluding hydrogens is 292 g/mol. The third kappa shape index (κ3) is 1.64. The Morgan fingerprint density at radius 2 is 2.08 bits per heavy atom. The predicted molar refractivity (Wildman–Crippen MR) is 51.1 cm³/mol. The van der Waals surface area contributed by atoms with Crippen molar-refractivity contribution in [3.63, 3.8) is 0 Å². The zero-order chi connectivity index (χ0) is 9.30. The molecule has 1 aliphatic rings. The van der Waals surface area contributed by atoms with E-state index in [9.17, 15) is 9.59 Å². The highest BCUT2D eigenvalue weighted by atomic mass is 79.9. The Bertz CT molecular complexity index is 220. The van der Waals surface area contributed by atoms with E-state index in [4.69, 9.17) is 0 Å². The topological polar surface area (TPSA) is 40.6 Å². The SMILES string of the molecule is CCN1CC(=O)N(C(Br)Br)C1=O. The molecule has 6 heteroatoms. The molecule has 3 amide bonds. The second-order valence-electron chi connectivity index (χ2n) is 2.34. The maximum absolute atomic E-state index is 11.4. The summed E-state index contributed by atoms with van der Waals surface area (Å²) < 4.78 is -0.401. The molecule has 0 aromatic rings. The fourth-order valence-electron chi connectivity index (χ4n) is 1.01. The van der Waals surface area contributed by atoms with E-state index in [0.29, 0.717) is 6.54 Å². The molecule has 1 saturated heterocycles. The number of alkyl halides is 2. The van der Waals surface area contributed by atoms with Gasteiger partial charge in [-0.2, -0.15) is 0 Å². The highest BCUT2D eigenvalue weighted by Crippen LogP contribution is 2.21. The first kappa shape index (κ1) is 9.98. The minimum atomic E-state index is -0.401. The third-order valence-electron chi connectivity index (χ3n) is 1.65. The first-order valence-corrected chi connectivity index (χ1v) is 5.30. The Hall–Kier alpha value is -0.100. The average Bonchev–Trinajstić information content (AvgIpc) is 2.25. The second-order valence-corrected chi connectivity index (χ2v) is 5.30. The number of amides is 3. The van der Waals surface area contributed by atoms with Gasteiger partial charge in [0.25, 0.3) is 5.91 Å². The van der Waals surface area contributed by atoms with Crippen LogP contribution in [0.4, 0.5) is 4.79 Å². The van der Waals surface area contributed by atoms with Gasteiger partial charge < -0.3 is 4.90 Å². The molecule has 0 unspecified atom stereocenters. The smallest absolute Gasteiger partial charge is 0.315 e. The van der Waals surface area contributed by atoms with Gasteiger partial charge in [-0.25, -0.2) is 9.69 Å². The van der Waals surface area contributed by atoms with Crippen molar-refractivity contribution >= 4 is 43.8 Å². The Labute approximate surface area is 87.1 Å². The molecule has 12 heavy (non-hydrogen) atoms. The molecule has 0 aliphatic carbocycles. The summed E-state index contributed by atoms with van der Waals surface area (Å²) >= 11 is 6.23. The number of hydrogen-bond donors (Lipinski definition) is 0. The van der Waals surface area contributed by atoms with Gasteiger partial charge in [-0.15, -0.1) is 0 Å². The van der Waals surface area contributed by atoms with Crippen molar-refractivity contribution < 1.29 is 9.59 Å². The molecule has 1 rings (SSSR count). The zero-order valence-electron chi connectivity index (χ0n) is 6.46. The molecule has 0 radical (unpaired) electrons. The van der Waals surface area contributed by atoms with E-state index >= 15 is 0 Å². The van der Waals surface area contributed by atoms with Crippen molar-refractivity contribution in [2.75, 3.05) is 13.1 Å². The van der Waals surface area contributed by atoms with Gasteiger partial charge in [0.15, 0.2) is 3.86 Å². The molecule has 0 N–H and O–H groups in total. The summed E-state index contributed by atoms with van der Waals surface area (Å²) in [6.45, 7) is 2.59. The standard InChI is InChI=1S/C6H8Br2N2O2/c1-2-9-3-4(11)10(5(7)8)6(9)12/h5H,2-3H2,1H3. The number of nitrogens with zero attached hydrogens (tertiary/aromatic N) is 2. The van der Waals surface area contributed by atoms with Crippen LogP contribution in [0.15, 0.2) is 0 Å². The summed E-state index contributed by atoms with van der Waals surface area (Å²) in [5, 5.41) is 0. The van der Waals surface area contributed by atoms with Gasteiger partial charge in [-0.3, -0.25) is 4.79 Å². The van der Waals surface area contributed by atoms with Gasteiger partial charge in [-0.05, 0) is 6.92 Å². The summed E-state index contributed by atoms with van der Waals surface area (Å²) in [7, 11) is 0. The molecule has 0 spiro atoms. The Morgan fingerprint density at radius 1 is 1.50 bits per heavy atom. The van der Waals surface area contributed by atoms with Crippen LogP contribution in [-0.2, 0) is 4.79 Å². The normalized spacial score (nSPS) is 18.3. The molecule has 68 valence electrons. The van der Waals surface area contributed by atoms with E-state index in [0.717, 1.165) is 4.90 Å². The second kappa shape index (κ2) is 3.74. The number of carbonyl (C=O) groups excluding carboxylic acids is 2. The van der Waals surface area contributed by atoms with Gasteiger partial charge in [0.05, 0.1) is 0 Å². The van der Waals surface area contributed by atoms with Crippen LogP contribution >= 0.6 is 31.9 Å². The van der Waals surface area contributed by atoms with Crippen LogP contribution in [0.2, 0.25) is 0 Å². The fraction of sp³-hybridized carbons (Fsp3) is 0.667. The number of urea groups is 1. The van der Waals surface area contributed by atoms with Crippen LogP contribution in [0, 0.1) is 0 Å². The minimum Gasteiger partial charge on any atom is -0.315 e. The summed E-state index contributed by atoms with van der Waals surface area (Å²) in [6.07, 6.45) is 0. The Balaban J connectivity index is 2.77. The van der Waals surface area contributed by atoms with E-state index in [1.807, 2.05) is 6.92 Å². The first-order valence-electron chi connectivity index (χ1n) is 3.47. The molecular formula is C6H8Br2N2O2. The third-order valence-corrected chi connectivity index (χ3v) is 2.47. The maximum Gasteiger partial charge on any atom is 0.328 e. The number of rotatable bonds is 2. The summed E-state index contributed by atoms with van der Waals surface area (Å²) in [5.74, 6) is -0.180. The van der Waals surface area contributed by atoms with Crippen molar-refractivity contribution in [3.05, 3.63) is 0 Å². The largest absolute Gasteiger partial charge is 0.328 e. The number of likely N-dealkylation sites (N-methyl/N-ethyl adjacent to an activating group) is 1. The lowest BCUT2D eigenvalue weighted by molar-refractivity contribution is -0.124. The molecule has 0 saturated carbocycles. The van der Waals surface area contributed by atoms with Crippen molar-refractivity contribution in [3.8, 4) is 0 Å². The van der Waals surface area contributed by atoms with E-state index < -0.39 is 3.86 Å². The van der Waals surface area contributed by atoms with E-state index in [2.05, 4.69) is 31.9 Å². The van der Waals surface area contributed by atoms with Crippen LogP contribution in [0.5, 0.6) is 0 Å². The van der Waals surface area contributed by atoms with E-state index in [-0.39, 0.29) is 18.5 Å². The van der Waals surface area contributed by atoms with Crippen molar-refractivity contribution in [1.82, 2.24) is 9.80 Å². The number of halogens is 2. The quantitative estimate of drug-likeness (QED) is 0.439. The Kier molecular flexibility index (Phi) is 3.11. The summed E-state index contributed by atoms with van der Waals surface area (Å²) in [4.78, 5) is 25.2. The van der Waals surface area contributed by atoms with Crippen LogP contribution in [0.25, 0.3) is 0 Å². The minimum absolute atomic E-state index is 0.180. The summed E-state index contributed by atoms with van der Waals surface area (Å²) in [5.41, 5.74) is 0. The molecule has 4 nitrogen and oxygen atoms in total. The first-order chi connectivity index (χ1) is 5.57. The maximum atomic E-state index is 11.4. The monoisotopic (exact) mass is 298 g/mol. The molecule has 1 heterocycles. The average molecular weight is 300 g/mol. The van der Waals surface area contributed by atoms with Gasteiger partial charge in [0, 0.05) is 6.54 Å². The van der Waals surface area contributed by atoms with Crippen LogP contribution in [0.3, 0.4) is 0 Å². The van der Waals surface area contributed by atoms with Crippen molar-refractivity contribution in [2.24, 2.45) is 0 Å². The summed E-state index contributed by atoms with van der Waals surface area (Å²) in [6, 6.07) is -0.249. The van der Waals surface area contributed by atoms with Crippen LogP contribution in [0.1, 0.15) is 6.92 Å². The molecule has 0 aromatic carbocycles. The lowest BCUT2D eigenvalue weighted by Crippen LogP contribution is -2.35. The van der Waals surface area contributed by atoms with Gasteiger partial charge in [0.1, 0.15) is 6.54 Å². The van der Waals surface area contributed by atoms with Crippen molar-refractivity contribution in [1.29, 1.82) is 0 Å². The van der Waals surface area contributed by atoms with Gasteiger partial charge >= 0.3 is 6.03 Å². The highest BCUT2D eigenvalue weighted by molar-refractivity contribution is 9.24. The molecule has 0 bridgehead atoms. The lowest BCUT2D eigenvalue weighted by atomic mass is 10.5. The number of imide groups is 1. The van der Waals surface area contributed by atoms with Gasteiger partial charge in [0.2, 0.25) is 0 Å². The fourth-order valence-corrected chi connectivity index (χ4v) is 1.81. The number of hydrogen-bond acceptors (Lipinski definition) is 2. The molecule has 0 aromatic heterocycles. The van der Waals surface area contributed by atoms with E-state index in [1.165, 1.54) is 4.90 Å². The van der Waals surface area contributed by atoms with Crippen LogP contribution in [-0.4, -0.2) is 38.7 Å². The van der Waals surface area contributed by atoms with Gasteiger partial charge in [-0.1, -0.05) is 31.9 Å². The molecule has 0 atom stereocenters. The number of carbonyl (C=O) groups is 2. The van der Waals surface area contributed by atoms with E-state index in [1.54, 1.807) is 0 Å². The lowest BCUT2D eigenvalue weighted by Gasteiger charge is -2.16.